The average Bonchev–Trinajstić information content (AvgIpc) is 3.23. The maximum absolute atomic E-state index is 11.2. The Bertz CT molecular complexity index is 515. The lowest BCUT2D eigenvalue weighted by atomic mass is 10.2. The Labute approximate surface area is 177 Å². The van der Waals surface area contributed by atoms with Crippen LogP contribution in [-0.2, 0) is 16.1 Å². The first kappa shape index (κ1) is 28.2. The molecule has 10 nitrogen and oxygen atoms in total. The fraction of sp³-hybridized carbons (Fsp3) is 0.650. The van der Waals surface area contributed by atoms with E-state index in [4.69, 9.17) is 35.6 Å². The van der Waals surface area contributed by atoms with Crippen molar-refractivity contribution in [3.63, 3.8) is 0 Å². The van der Waals surface area contributed by atoms with Crippen molar-refractivity contribution < 1.29 is 39.8 Å². The van der Waals surface area contributed by atoms with Crippen molar-refractivity contribution in [3.8, 4) is 0 Å². The highest BCUT2D eigenvalue weighted by atomic mass is 16.6. The van der Waals surface area contributed by atoms with Crippen molar-refractivity contribution in [3.05, 3.63) is 35.9 Å². The minimum atomic E-state index is -0.746. The van der Waals surface area contributed by atoms with Gasteiger partial charge in [-0.1, -0.05) is 30.3 Å². The second-order valence-corrected chi connectivity index (χ2v) is 6.48. The Balaban J connectivity index is 0.000000527. The molecule has 0 aromatic heterocycles. The summed E-state index contributed by atoms with van der Waals surface area (Å²) in [5.74, 6) is 0. The Kier molecular flexibility index (Phi) is 18.0. The predicted molar refractivity (Wildman–Crippen MR) is 110 cm³/mol. The number of alkyl carbamates (subject to hydrolysis) is 1. The minimum absolute atomic E-state index is 0.0123. The van der Waals surface area contributed by atoms with Gasteiger partial charge in [-0.2, -0.15) is 0 Å². The molecule has 1 aliphatic heterocycles. The van der Waals surface area contributed by atoms with Crippen molar-refractivity contribution >= 4 is 6.09 Å². The van der Waals surface area contributed by atoms with Crippen LogP contribution in [0, 0.1) is 0 Å². The molecule has 0 radical (unpaired) electrons. The molecule has 1 saturated heterocycles. The zero-order valence-electron chi connectivity index (χ0n) is 17.2. The summed E-state index contributed by atoms with van der Waals surface area (Å²) in [6.45, 7) is 1.15. The molecule has 1 unspecified atom stereocenters. The first-order valence-corrected chi connectivity index (χ1v) is 9.95. The minimum Gasteiger partial charge on any atom is -0.445 e. The molecule has 1 aromatic rings. The normalized spacial score (nSPS) is 16.9. The third-order valence-electron chi connectivity index (χ3n) is 3.80. The van der Waals surface area contributed by atoms with Crippen LogP contribution in [0.15, 0.2) is 30.3 Å². The van der Waals surface area contributed by atoms with E-state index in [0.717, 1.165) is 25.0 Å². The Morgan fingerprint density at radius 3 is 2.23 bits per heavy atom. The second kappa shape index (κ2) is 19.2. The van der Waals surface area contributed by atoms with E-state index in [-0.39, 0.29) is 39.3 Å². The van der Waals surface area contributed by atoms with Gasteiger partial charge < -0.3 is 46.1 Å². The van der Waals surface area contributed by atoms with Crippen LogP contribution in [-0.4, -0.2) is 83.0 Å². The van der Waals surface area contributed by atoms with Gasteiger partial charge in [0.05, 0.1) is 12.2 Å². The summed E-state index contributed by atoms with van der Waals surface area (Å²) in [6.07, 6.45) is 0.154. The molecule has 3 atom stereocenters. The van der Waals surface area contributed by atoms with Crippen LogP contribution in [0.2, 0.25) is 0 Å². The van der Waals surface area contributed by atoms with E-state index in [2.05, 4.69) is 5.32 Å². The number of amides is 1. The molecule has 2 rings (SSSR count). The van der Waals surface area contributed by atoms with Gasteiger partial charge in [0.25, 0.3) is 0 Å². The SMILES string of the molecule is NC[C@@H](O)CCO.O=C(NC[C@@H](O)CCO)OCc1ccccc1.OC1CCCO1. The van der Waals surface area contributed by atoms with Gasteiger partial charge in [-0.3, -0.25) is 0 Å². The lowest BCUT2D eigenvalue weighted by Gasteiger charge is -2.10. The molecule has 0 saturated carbocycles. The van der Waals surface area contributed by atoms with Crippen molar-refractivity contribution in [1.82, 2.24) is 5.32 Å². The van der Waals surface area contributed by atoms with Crippen LogP contribution in [0.1, 0.15) is 31.2 Å². The van der Waals surface area contributed by atoms with E-state index in [1.54, 1.807) is 0 Å². The standard InChI is InChI=1S/C12H17NO4.C4H11NO2.C4H8O2/c14-7-6-11(15)8-13-12(16)17-9-10-4-2-1-3-5-10;5-3-4(7)1-2-6;5-4-2-1-3-6-4/h1-5,11,14-15H,6-9H2,(H,13,16);4,6-7H,1-3,5H2;4-5H,1-3H2/t11-;4-;/m00./s1. The zero-order chi connectivity index (χ0) is 22.6. The Morgan fingerprint density at radius 2 is 1.80 bits per heavy atom. The summed E-state index contributed by atoms with van der Waals surface area (Å²) >= 11 is 0. The van der Waals surface area contributed by atoms with Gasteiger partial charge in [-0.25, -0.2) is 4.79 Å². The van der Waals surface area contributed by atoms with E-state index < -0.39 is 24.6 Å². The van der Waals surface area contributed by atoms with E-state index in [1.165, 1.54) is 0 Å². The largest absolute Gasteiger partial charge is 0.445 e. The van der Waals surface area contributed by atoms with Crippen LogP contribution in [0.3, 0.4) is 0 Å². The van der Waals surface area contributed by atoms with Crippen LogP contribution in [0.5, 0.6) is 0 Å². The summed E-state index contributed by atoms with van der Waals surface area (Å²) in [5, 5.41) is 45.5. The van der Waals surface area contributed by atoms with Gasteiger partial charge in [-0.05, 0) is 24.8 Å². The van der Waals surface area contributed by atoms with Crippen molar-refractivity contribution in [2.45, 2.75) is 50.8 Å². The molecule has 8 N–H and O–H groups in total. The van der Waals surface area contributed by atoms with E-state index in [9.17, 15) is 9.90 Å². The van der Waals surface area contributed by atoms with Gasteiger partial charge in [0.15, 0.2) is 6.29 Å². The quantitative estimate of drug-likeness (QED) is 0.270. The molecule has 1 amide bonds. The van der Waals surface area contributed by atoms with Crippen LogP contribution in [0.4, 0.5) is 4.79 Å². The van der Waals surface area contributed by atoms with E-state index in [1.807, 2.05) is 30.3 Å². The van der Waals surface area contributed by atoms with Gasteiger partial charge in [0.1, 0.15) is 6.61 Å². The molecule has 1 aliphatic rings. The number of aliphatic hydroxyl groups excluding tert-OH is 5. The van der Waals surface area contributed by atoms with Crippen molar-refractivity contribution in [2.75, 3.05) is 32.9 Å². The number of nitrogens with one attached hydrogen (secondary N) is 1. The highest BCUT2D eigenvalue weighted by Gasteiger charge is 2.09. The van der Waals surface area contributed by atoms with Crippen molar-refractivity contribution in [2.24, 2.45) is 5.73 Å². The molecular formula is C20H36N2O8. The number of benzene rings is 1. The van der Waals surface area contributed by atoms with Gasteiger partial charge in [0, 0.05) is 39.3 Å². The van der Waals surface area contributed by atoms with Crippen LogP contribution < -0.4 is 11.1 Å². The molecule has 1 aromatic carbocycles. The third kappa shape index (κ3) is 17.1. The molecule has 10 heteroatoms. The first-order valence-electron chi connectivity index (χ1n) is 9.95. The lowest BCUT2D eigenvalue weighted by Crippen LogP contribution is -2.32. The number of nitrogens with two attached hydrogens (primary N) is 1. The lowest BCUT2D eigenvalue weighted by molar-refractivity contribution is -0.0589. The molecular weight excluding hydrogens is 396 g/mol. The number of carbonyl (C=O) groups is 1. The fourth-order valence-corrected chi connectivity index (χ4v) is 2.05. The van der Waals surface area contributed by atoms with Crippen LogP contribution >= 0.6 is 0 Å². The third-order valence-corrected chi connectivity index (χ3v) is 3.80. The number of rotatable bonds is 9. The smallest absolute Gasteiger partial charge is 0.407 e. The molecule has 0 aliphatic carbocycles. The molecule has 174 valence electrons. The predicted octanol–water partition coefficient (Wildman–Crippen LogP) is -0.540. The second-order valence-electron chi connectivity index (χ2n) is 6.48. The van der Waals surface area contributed by atoms with Crippen molar-refractivity contribution in [1.29, 1.82) is 0 Å². The van der Waals surface area contributed by atoms with Gasteiger partial charge in [-0.15, -0.1) is 0 Å². The topological polar surface area (TPSA) is 175 Å². The number of aliphatic hydroxyl groups is 5. The molecule has 0 bridgehead atoms. The average molecular weight is 433 g/mol. The van der Waals surface area contributed by atoms with Crippen LogP contribution in [0.25, 0.3) is 0 Å². The highest BCUT2D eigenvalue weighted by molar-refractivity contribution is 5.67. The first-order chi connectivity index (χ1) is 14.4. The van der Waals surface area contributed by atoms with Gasteiger partial charge in [0.2, 0.25) is 0 Å². The summed E-state index contributed by atoms with van der Waals surface area (Å²) in [6, 6.07) is 9.32. The number of hydrogen-bond acceptors (Lipinski definition) is 9. The molecule has 0 spiro atoms. The fourth-order valence-electron chi connectivity index (χ4n) is 2.05. The summed E-state index contributed by atoms with van der Waals surface area (Å²) in [7, 11) is 0. The van der Waals surface area contributed by atoms with E-state index >= 15 is 0 Å². The Hall–Kier alpha value is -1.79. The highest BCUT2D eigenvalue weighted by Crippen LogP contribution is 2.07. The van der Waals surface area contributed by atoms with Gasteiger partial charge >= 0.3 is 6.09 Å². The number of carbonyl (C=O) groups excluding carboxylic acids is 1. The monoisotopic (exact) mass is 432 g/mol. The number of ether oxygens (including phenoxy) is 2. The summed E-state index contributed by atoms with van der Waals surface area (Å²) in [5.41, 5.74) is 5.90. The number of hydrogen-bond donors (Lipinski definition) is 7. The van der Waals surface area contributed by atoms with E-state index in [0.29, 0.717) is 6.42 Å². The Morgan fingerprint density at radius 1 is 1.17 bits per heavy atom. The zero-order valence-corrected chi connectivity index (χ0v) is 17.2. The maximum atomic E-state index is 11.2. The molecule has 30 heavy (non-hydrogen) atoms. The molecule has 1 fully saturated rings. The maximum Gasteiger partial charge on any atom is 0.407 e. The summed E-state index contributed by atoms with van der Waals surface area (Å²) < 4.78 is 9.64. The summed E-state index contributed by atoms with van der Waals surface area (Å²) in [4.78, 5) is 11.2. The molecule has 1 heterocycles.